The van der Waals surface area contributed by atoms with Crippen LogP contribution in [-0.2, 0) is 4.79 Å². The van der Waals surface area contributed by atoms with Gasteiger partial charge in [0.05, 0.1) is 0 Å². The first-order valence-corrected chi connectivity index (χ1v) is 7.14. The Morgan fingerprint density at radius 2 is 1.53 bits per heavy atom. The molecule has 17 heavy (non-hydrogen) atoms. The number of nitrogens with one attached hydrogen (secondary N) is 1. The SMILES string of the molecule is CC.CC.CCCNC(=O)C(C)CC(C)(C)C. The van der Waals surface area contributed by atoms with Crippen LogP contribution in [0.3, 0.4) is 0 Å². The van der Waals surface area contributed by atoms with Gasteiger partial charge in [-0.1, -0.05) is 62.3 Å². The number of hydrogen-bond donors (Lipinski definition) is 1. The first-order valence-electron chi connectivity index (χ1n) is 7.14. The van der Waals surface area contributed by atoms with E-state index >= 15 is 0 Å². The van der Waals surface area contributed by atoms with Gasteiger partial charge in [0.2, 0.25) is 5.91 Å². The van der Waals surface area contributed by atoms with Crippen LogP contribution < -0.4 is 5.32 Å². The minimum Gasteiger partial charge on any atom is -0.356 e. The molecule has 2 heteroatoms. The van der Waals surface area contributed by atoms with Crippen LogP contribution in [0.1, 0.15) is 75.2 Å². The summed E-state index contributed by atoms with van der Waals surface area (Å²) in [5.74, 6) is 0.323. The Morgan fingerprint density at radius 1 is 1.12 bits per heavy atom. The van der Waals surface area contributed by atoms with Gasteiger partial charge in [0.1, 0.15) is 0 Å². The third-order valence-electron chi connectivity index (χ3n) is 1.92. The zero-order chi connectivity index (χ0) is 14.5. The Bertz CT molecular complexity index is 159. The molecule has 0 aromatic rings. The number of amides is 1. The molecule has 0 aliphatic carbocycles. The summed E-state index contributed by atoms with van der Waals surface area (Å²) in [5.41, 5.74) is 0.239. The summed E-state index contributed by atoms with van der Waals surface area (Å²) in [6.45, 7) is 19.3. The van der Waals surface area contributed by atoms with Crippen LogP contribution in [-0.4, -0.2) is 12.5 Å². The van der Waals surface area contributed by atoms with Crippen molar-refractivity contribution >= 4 is 5.91 Å². The first-order chi connectivity index (χ1) is 7.87. The Hall–Kier alpha value is -0.530. The molecule has 1 N–H and O–H groups in total. The summed E-state index contributed by atoms with van der Waals surface area (Å²) in [4.78, 5) is 11.5. The largest absolute Gasteiger partial charge is 0.356 e. The monoisotopic (exact) mass is 245 g/mol. The summed E-state index contributed by atoms with van der Waals surface area (Å²) < 4.78 is 0. The van der Waals surface area contributed by atoms with E-state index in [1.165, 1.54) is 0 Å². The van der Waals surface area contributed by atoms with Crippen LogP contribution in [0.15, 0.2) is 0 Å². The molecule has 2 nitrogen and oxygen atoms in total. The van der Waals surface area contributed by atoms with Gasteiger partial charge >= 0.3 is 0 Å². The molecule has 0 fully saturated rings. The minimum absolute atomic E-state index is 0.131. The predicted octanol–water partition coefficient (Wildman–Crippen LogP) is 4.64. The molecular weight excluding hydrogens is 210 g/mol. The lowest BCUT2D eigenvalue weighted by molar-refractivity contribution is -0.125. The van der Waals surface area contributed by atoms with Gasteiger partial charge in [-0.3, -0.25) is 4.79 Å². The number of carbonyl (C=O) groups excluding carboxylic acids is 1. The molecule has 0 saturated carbocycles. The molecular formula is C15H35NO. The van der Waals surface area contributed by atoms with Gasteiger partial charge in [-0.25, -0.2) is 0 Å². The lowest BCUT2D eigenvalue weighted by atomic mass is 9.85. The lowest BCUT2D eigenvalue weighted by Gasteiger charge is -2.22. The molecule has 0 saturated heterocycles. The molecule has 0 aromatic heterocycles. The van der Waals surface area contributed by atoms with Crippen molar-refractivity contribution < 1.29 is 4.79 Å². The van der Waals surface area contributed by atoms with Crippen molar-refractivity contribution in [1.82, 2.24) is 5.32 Å². The minimum atomic E-state index is 0.131. The summed E-state index contributed by atoms with van der Waals surface area (Å²) in [6, 6.07) is 0. The topological polar surface area (TPSA) is 29.1 Å². The fourth-order valence-electron chi connectivity index (χ4n) is 1.43. The second-order valence-corrected chi connectivity index (χ2v) is 4.96. The Morgan fingerprint density at radius 3 is 1.82 bits per heavy atom. The van der Waals surface area contributed by atoms with E-state index in [9.17, 15) is 4.79 Å². The van der Waals surface area contributed by atoms with Gasteiger partial charge in [0, 0.05) is 12.5 Å². The molecule has 0 rings (SSSR count). The van der Waals surface area contributed by atoms with Crippen molar-refractivity contribution in [3.63, 3.8) is 0 Å². The molecule has 0 bridgehead atoms. The summed E-state index contributed by atoms with van der Waals surface area (Å²) in [5, 5.41) is 2.92. The highest BCUT2D eigenvalue weighted by Crippen LogP contribution is 2.23. The Balaban J connectivity index is -0.000000439. The van der Waals surface area contributed by atoms with Crippen LogP contribution in [0.2, 0.25) is 0 Å². The lowest BCUT2D eigenvalue weighted by Crippen LogP contribution is -2.31. The van der Waals surface area contributed by atoms with E-state index in [2.05, 4.69) is 33.0 Å². The van der Waals surface area contributed by atoms with E-state index in [0.29, 0.717) is 0 Å². The molecule has 1 unspecified atom stereocenters. The average Bonchev–Trinajstić information content (AvgIpc) is 2.29. The van der Waals surface area contributed by atoms with Gasteiger partial charge in [-0.05, 0) is 18.3 Å². The van der Waals surface area contributed by atoms with E-state index in [1.807, 2.05) is 34.6 Å². The van der Waals surface area contributed by atoms with E-state index in [0.717, 1.165) is 19.4 Å². The summed E-state index contributed by atoms with van der Waals surface area (Å²) in [7, 11) is 0. The fourth-order valence-corrected chi connectivity index (χ4v) is 1.43. The van der Waals surface area contributed by atoms with Gasteiger partial charge < -0.3 is 5.32 Å². The second-order valence-electron chi connectivity index (χ2n) is 4.96. The molecule has 0 aliphatic rings. The van der Waals surface area contributed by atoms with Crippen molar-refractivity contribution in [2.24, 2.45) is 11.3 Å². The summed E-state index contributed by atoms with van der Waals surface area (Å²) >= 11 is 0. The molecule has 0 aliphatic heterocycles. The highest BCUT2D eigenvalue weighted by atomic mass is 16.1. The van der Waals surface area contributed by atoms with Crippen molar-refractivity contribution in [3.8, 4) is 0 Å². The van der Waals surface area contributed by atoms with Crippen molar-refractivity contribution in [2.75, 3.05) is 6.54 Å². The molecule has 0 heterocycles. The highest BCUT2D eigenvalue weighted by Gasteiger charge is 2.20. The smallest absolute Gasteiger partial charge is 0.222 e. The normalized spacial score (nSPS) is 11.4. The maximum atomic E-state index is 11.5. The van der Waals surface area contributed by atoms with Crippen LogP contribution in [0.5, 0.6) is 0 Å². The van der Waals surface area contributed by atoms with E-state index in [4.69, 9.17) is 0 Å². The Kier molecular flexibility index (Phi) is 17.3. The zero-order valence-corrected chi connectivity index (χ0v) is 13.6. The second kappa shape index (κ2) is 13.5. The van der Waals surface area contributed by atoms with E-state index < -0.39 is 0 Å². The molecule has 0 radical (unpaired) electrons. The molecule has 1 atom stereocenters. The Labute approximate surface area is 110 Å². The number of rotatable bonds is 4. The first kappa shape index (κ1) is 21.7. The molecule has 106 valence electrons. The van der Waals surface area contributed by atoms with Crippen LogP contribution in [0.25, 0.3) is 0 Å². The molecule has 1 amide bonds. The van der Waals surface area contributed by atoms with Crippen LogP contribution >= 0.6 is 0 Å². The van der Waals surface area contributed by atoms with Gasteiger partial charge in [0.15, 0.2) is 0 Å². The average molecular weight is 245 g/mol. The standard InChI is InChI=1S/C11H23NO.2C2H6/c1-6-7-12-10(13)9(2)8-11(3,4)5;2*1-2/h9H,6-8H2,1-5H3,(H,12,13);2*1-2H3. The van der Waals surface area contributed by atoms with E-state index in [1.54, 1.807) is 0 Å². The molecule has 0 aromatic carbocycles. The van der Waals surface area contributed by atoms with Crippen molar-refractivity contribution in [2.45, 2.75) is 75.2 Å². The van der Waals surface area contributed by atoms with Crippen LogP contribution in [0, 0.1) is 11.3 Å². The number of carbonyl (C=O) groups is 1. The van der Waals surface area contributed by atoms with Crippen molar-refractivity contribution in [3.05, 3.63) is 0 Å². The maximum absolute atomic E-state index is 11.5. The summed E-state index contributed by atoms with van der Waals surface area (Å²) in [6.07, 6.45) is 1.95. The van der Waals surface area contributed by atoms with Gasteiger partial charge in [0.25, 0.3) is 0 Å². The predicted molar refractivity (Wildman–Crippen MR) is 79.2 cm³/mol. The van der Waals surface area contributed by atoms with Gasteiger partial charge in [-0.15, -0.1) is 0 Å². The third kappa shape index (κ3) is 18.1. The zero-order valence-electron chi connectivity index (χ0n) is 13.6. The highest BCUT2D eigenvalue weighted by molar-refractivity contribution is 5.78. The maximum Gasteiger partial charge on any atom is 0.222 e. The quantitative estimate of drug-likeness (QED) is 0.768. The number of hydrogen-bond acceptors (Lipinski definition) is 1. The molecule has 0 spiro atoms. The van der Waals surface area contributed by atoms with Gasteiger partial charge in [-0.2, -0.15) is 0 Å². The van der Waals surface area contributed by atoms with E-state index in [-0.39, 0.29) is 17.2 Å². The third-order valence-corrected chi connectivity index (χ3v) is 1.92. The fraction of sp³-hybridized carbons (Fsp3) is 0.933. The van der Waals surface area contributed by atoms with Crippen molar-refractivity contribution in [1.29, 1.82) is 0 Å². The van der Waals surface area contributed by atoms with Crippen LogP contribution in [0.4, 0.5) is 0 Å².